The van der Waals surface area contributed by atoms with E-state index < -0.39 is 5.82 Å². The average molecular weight is 484 g/mol. The molecule has 2 aromatic carbocycles. The predicted octanol–water partition coefficient (Wildman–Crippen LogP) is 7.14. The number of pyridine rings is 1. The van der Waals surface area contributed by atoms with Crippen LogP contribution in [0.2, 0.25) is 10.0 Å². The number of fused-ring (bicyclic) bond motifs is 1. The van der Waals surface area contributed by atoms with Gasteiger partial charge in [-0.15, -0.1) is 0 Å². The van der Waals surface area contributed by atoms with Gasteiger partial charge in [0.05, 0.1) is 11.1 Å². The Morgan fingerprint density at radius 1 is 1.15 bits per heavy atom. The standard InChI is InChI=1S/C26H24Cl2FN3O/c1-2-18-19-12-16(14-6-8-15(9-7-14)26(33)31-17-4-3-5-17)13-30-25(19)32-24(18)22-20(27)10-11-21(29)23(22)28/h6-13,17-18,24H,2-5H2,1H3,(H,30,32)(H,31,33). The maximum Gasteiger partial charge on any atom is 0.251 e. The fraction of sp³-hybridized carbons (Fsp3) is 0.308. The SMILES string of the molecule is CCC1c2cc(-c3ccc(C(=O)NC4CCC4)cc3)cnc2NC1c1c(Cl)ccc(F)c1Cl. The van der Waals surface area contributed by atoms with E-state index in [0.717, 1.165) is 41.8 Å². The molecular weight excluding hydrogens is 460 g/mol. The molecule has 5 rings (SSSR count). The van der Waals surface area contributed by atoms with Crippen molar-refractivity contribution < 1.29 is 9.18 Å². The quantitative estimate of drug-likeness (QED) is 0.379. The second-order valence-electron chi connectivity index (χ2n) is 8.73. The molecule has 0 spiro atoms. The van der Waals surface area contributed by atoms with Crippen LogP contribution in [0.5, 0.6) is 0 Å². The summed E-state index contributed by atoms with van der Waals surface area (Å²) in [5.74, 6) is 0.277. The van der Waals surface area contributed by atoms with Crippen LogP contribution in [0, 0.1) is 5.82 Å². The highest BCUT2D eigenvalue weighted by atomic mass is 35.5. The van der Waals surface area contributed by atoms with Crippen LogP contribution in [0.15, 0.2) is 48.7 Å². The number of benzene rings is 2. The Balaban J connectivity index is 1.42. The Bertz CT molecular complexity index is 1210. The fourth-order valence-corrected chi connectivity index (χ4v) is 5.27. The zero-order valence-electron chi connectivity index (χ0n) is 18.2. The number of carbonyl (C=O) groups excluding carboxylic acids is 1. The summed E-state index contributed by atoms with van der Waals surface area (Å²) in [5.41, 5.74) is 4.20. The van der Waals surface area contributed by atoms with Crippen LogP contribution in [-0.2, 0) is 0 Å². The number of anilines is 1. The van der Waals surface area contributed by atoms with Crippen molar-refractivity contribution in [3.05, 3.63) is 81.2 Å². The third-order valence-corrected chi connectivity index (χ3v) is 7.48. The molecule has 1 aliphatic carbocycles. The molecule has 2 heterocycles. The first kappa shape index (κ1) is 22.2. The summed E-state index contributed by atoms with van der Waals surface area (Å²) in [4.78, 5) is 17.0. The van der Waals surface area contributed by atoms with Gasteiger partial charge in [-0.1, -0.05) is 42.3 Å². The van der Waals surface area contributed by atoms with Gasteiger partial charge in [-0.25, -0.2) is 9.37 Å². The zero-order chi connectivity index (χ0) is 23.1. The highest BCUT2D eigenvalue weighted by Crippen LogP contribution is 2.49. The number of nitrogens with zero attached hydrogens (tertiary/aromatic N) is 1. The van der Waals surface area contributed by atoms with Gasteiger partial charge in [-0.2, -0.15) is 0 Å². The van der Waals surface area contributed by atoms with Crippen molar-refractivity contribution in [1.82, 2.24) is 10.3 Å². The van der Waals surface area contributed by atoms with Crippen molar-refractivity contribution in [3.63, 3.8) is 0 Å². The number of aromatic nitrogens is 1. The van der Waals surface area contributed by atoms with E-state index in [4.69, 9.17) is 23.2 Å². The summed E-state index contributed by atoms with van der Waals surface area (Å²) in [6.45, 7) is 2.08. The van der Waals surface area contributed by atoms with Gasteiger partial charge in [-0.3, -0.25) is 4.79 Å². The summed E-state index contributed by atoms with van der Waals surface area (Å²) >= 11 is 12.7. The molecule has 2 N–H and O–H groups in total. The Hall–Kier alpha value is -2.63. The van der Waals surface area contributed by atoms with Gasteiger partial charge in [0, 0.05) is 45.4 Å². The highest BCUT2D eigenvalue weighted by Gasteiger charge is 2.36. The first-order valence-electron chi connectivity index (χ1n) is 11.3. The monoisotopic (exact) mass is 483 g/mol. The van der Waals surface area contributed by atoms with Gasteiger partial charge < -0.3 is 10.6 Å². The molecule has 3 aromatic rings. The normalized spacial score (nSPS) is 19.5. The maximum atomic E-state index is 14.2. The third-order valence-electron chi connectivity index (χ3n) is 6.76. The van der Waals surface area contributed by atoms with Gasteiger partial charge in [0.1, 0.15) is 11.6 Å². The summed E-state index contributed by atoms with van der Waals surface area (Å²) in [6, 6.07) is 12.6. The molecule has 0 saturated heterocycles. The van der Waals surface area contributed by atoms with Crippen LogP contribution in [-0.4, -0.2) is 16.9 Å². The molecular formula is C26H24Cl2FN3O. The molecule has 1 fully saturated rings. The van der Waals surface area contributed by atoms with Gasteiger partial charge in [0.25, 0.3) is 5.91 Å². The molecule has 1 saturated carbocycles. The molecule has 170 valence electrons. The van der Waals surface area contributed by atoms with E-state index in [1.165, 1.54) is 18.6 Å². The maximum absolute atomic E-state index is 14.2. The van der Waals surface area contributed by atoms with Crippen molar-refractivity contribution in [1.29, 1.82) is 0 Å². The summed E-state index contributed by atoms with van der Waals surface area (Å²) in [5, 5.41) is 6.93. The fourth-order valence-electron chi connectivity index (χ4n) is 4.66. The zero-order valence-corrected chi connectivity index (χ0v) is 19.7. The molecule has 1 aliphatic heterocycles. The van der Waals surface area contributed by atoms with Crippen LogP contribution in [0.25, 0.3) is 11.1 Å². The second kappa shape index (κ2) is 8.96. The molecule has 0 radical (unpaired) electrons. The number of carbonyl (C=O) groups is 1. The average Bonchev–Trinajstić information content (AvgIpc) is 3.16. The molecule has 2 aliphatic rings. The van der Waals surface area contributed by atoms with Crippen molar-refractivity contribution in [2.24, 2.45) is 0 Å². The minimum absolute atomic E-state index is 0.0275. The Labute approximate surface area is 202 Å². The number of nitrogens with one attached hydrogen (secondary N) is 2. The first-order valence-corrected chi connectivity index (χ1v) is 12.0. The molecule has 1 amide bonds. The minimum Gasteiger partial charge on any atom is -0.362 e. The third kappa shape index (κ3) is 4.09. The topological polar surface area (TPSA) is 54.0 Å². The van der Waals surface area contributed by atoms with Gasteiger partial charge >= 0.3 is 0 Å². The van der Waals surface area contributed by atoms with Crippen molar-refractivity contribution in [3.8, 4) is 11.1 Å². The molecule has 0 bridgehead atoms. The van der Waals surface area contributed by atoms with Gasteiger partial charge in [0.2, 0.25) is 0 Å². The number of halogens is 3. The van der Waals surface area contributed by atoms with E-state index >= 15 is 0 Å². The Kier molecular flexibility index (Phi) is 6.02. The van der Waals surface area contributed by atoms with Crippen LogP contribution in [0.3, 0.4) is 0 Å². The summed E-state index contributed by atoms with van der Waals surface area (Å²) < 4.78 is 14.2. The lowest BCUT2D eigenvalue weighted by Crippen LogP contribution is -2.39. The molecule has 1 aromatic heterocycles. The minimum atomic E-state index is -0.487. The van der Waals surface area contributed by atoms with Gasteiger partial charge in [0.15, 0.2) is 0 Å². The van der Waals surface area contributed by atoms with E-state index in [9.17, 15) is 9.18 Å². The van der Waals surface area contributed by atoms with Crippen molar-refractivity contribution in [2.75, 3.05) is 5.32 Å². The Morgan fingerprint density at radius 2 is 1.91 bits per heavy atom. The number of rotatable bonds is 5. The molecule has 7 heteroatoms. The Morgan fingerprint density at radius 3 is 2.58 bits per heavy atom. The largest absolute Gasteiger partial charge is 0.362 e. The number of hydrogen-bond acceptors (Lipinski definition) is 3. The first-order chi connectivity index (χ1) is 16.0. The van der Waals surface area contributed by atoms with E-state index in [2.05, 4.69) is 28.6 Å². The van der Waals surface area contributed by atoms with Crippen molar-refractivity contribution in [2.45, 2.75) is 50.6 Å². The molecule has 33 heavy (non-hydrogen) atoms. The van der Waals surface area contributed by atoms with Crippen LogP contribution < -0.4 is 10.6 Å². The second-order valence-corrected chi connectivity index (χ2v) is 9.52. The van der Waals surface area contributed by atoms with Crippen LogP contribution in [0.1, 0.15) is 66.1 Å². The van der Waals surface area contributed by atoms with Crippen LogP contribution >= 0.6 is 23.2 Å². The summed E-state index contributed by atoms with van der Waals surface area (Å²) in [7, 11) is 0. The van der Waals surface area contributed by atoms with Gasteiger partial charge in [-0.05, 0) is 61.6 Å². The van der Waals surface area contributed by atoms with E-state index in [0.29, 0.717) is 22.2 Å². The van der Waals surface area contributed by atoms with Crippen LogP contribution in [0.4, 0.5) is 10.2 Å². The lowest BCUT2D eigenvalue weighted by atomic mass is 9.88. The smallest absolute Gasteiger partial charge is 0.251 e. The number of hydrogen-bond donors (Lipinski definition) is 2. The lowest BCUT2D eigenvalue weighted by Gasteiger charge is -2.26. The van der Waals surface area contributed by atoms with E-state index in [1.807, 2.05) is 24.3 Å². The molecule has 2 atom stereocenters. The number of amides is 1. The van der Waals surface area contributed by atoms with Crippen molar-refractivity contribution >= 4 is 34.9 Å². The highest BCUT2D eigenvalue weighted by molar-refractivity contribution is 6.36. The van der Waals surface area contributed by atoms with E-state index in [1.54, 1.807) is 6.20 Å². The molecule has 4 nitrogen and oxygen atoms in total. The summed E-state index contributed by atoms with van der Waals surface area (Å²) in [6.07, 6.45) is 5.91. The lowest BCUT2D eigenvalue weighted by molar-refractivity contribution is 0.0917. The molecule has 2 unspecified atom stereocenters. The predicted molar refractivity (Wildman–Crippen MR) is 131 cm³/mol. The van der Waals surface area contributed by atoms with E-state index in [-0.39, 0.29) is 22.9 Å².